The largest absolute Gasteiger partial charge is 0.493 e. The molecule has 1 aromatic carbocycles. The highest BCUT2D eigenvalue weighted by Gasteiger charge is 2.29. The van der Waals surface area contributed by atoms with Crippen LogP contribution in [0, 0.1) is 0 Å². The van der Waals surface area contributed by atoms with E-state index in [1.54, 1.807) is 6.07 Å². The van der Waals surface area contributed by atoms with Crippen LogP contribution >= 0.6 is 0 Å². The number of anilines is 1. The quantitative estimate of drug-likeness (QED) is 0.726. The summed E-state index contributed by atoms with van der Waals surface area (Å²) in [6, 6.07) is 4.62. The molecule has 0 aliphatic rings. The Morgan fingerprint density at radius 2 is 1.67 bits per heavy atom. The van der Waals surface area contributed by atoms with Gasteiger partial charge in [-0.2, -0.15) is 0 Å². The molecule has 0 saturated carbocycles. The standard InChI is InChI=1S/C18H22N2O6S/c1-6-11-9-14(24-3)15(25-4)16(26-5)17(11)27(21,22)10-12-7-8-13(23-2)18(19)20-12/h6-9H,1,10H2,2-5H3,(H2,19,20). The molecule has 0 aliphatic carbocycles. The Labute approximate surface area is 158 Å². The van der Waals surface area contributed by atoms with Gasteiger partial charge in [-0.25, -0.2) is 13.4 Å². The van der Waals surface area contributed by atoms with Crippen molar-refractivity contribution in [3.63, 3.8) is 0 Å². The van der Waals surface area contributed by atoms with Crippen LogP contribution in [-0.2, 0) is 15.6 Å². The number of rotatable bonds is 8. The van der Waals surface area contributed by atoms with E-state index < -0.39 is 15.6 Å². The highest BCUT2D eigenvalue weighted by atomic mass is 32.2. The molecule has 0 unspecified atom stereocenters. The van der Waals surface area contributed by atoms with Crippen molar-refractivity contribution in [3.8, 4) is 23.0 Å². The van der Waals surface area contributed by atoms with Gasteiger partial charge in [0.1, 0.15) is 4.90 Å². The third kappa shape index (κ3) is 3.92. The minimum atomic E-state index is -3.88. The zero-order valence-corrected chi connectivity index (χ0v) is 16.4. The van der Waals surface area contributed by atoms with Crippen LogP contribution in [0.3, 0.4) is 0 Å². The van der Waals surface area contributed by atoms with Crippen LogP contribution in [0.15, 0.2) is 29.7 Å². The number of methoxy groups -OCH3 is 4. The molecule has 1 aromatic heterocycles. The van der Waals surface area contributed by atoms with E-state index in [1.165, 1.54) is 46.6 Å². The fourth-order valence-electron chi connectivity index (χ4n) is 2.65. The lowest BCUT2D eigenvalue weighted by molar-refractivity contribution is 0.318. The minimum absolute atomic E-state index is 0.0354. The SMILES string of the molecule is C=Cc1cc(OC)c(OC)c(OC)c1S(=O)(=O)Cc1ccc(OC)c(N)n1. The molecule has 2 N–H and O–H groups in total. The van der Waals surface area contributed by atoms with Crippen LogP contribution in [0.25, 0.3) is 6.08 Å². The van der Waals surface area contributed by atoms with Crippen molar-refractivity contribution in [1.29, 1.82) is 0 Å². The number of ether oxygens (including phenoxy) is 4. The van der Waals surface area contributed by atoms with E-state index in [0.29, 0.717) is 17.1 Å². The van der Waals surface area contributed by atoms with Gasteiger partial charge in [0.2, 0.25) is 5.75 Å². The van der Waals surface area contributed by atoms with Gasteiger partial charge >= 0.3 is 0 Å². The van der Waals surface area contributed by atoms with Crippen molar-refractivity contribution in [2.75, 3.05) is 34.2 Å². The summed E-state index contributed by atoms with van der Waals surface area (Å²) < 4.78 is 47.2. The zero-order chi connectivity index (χ0) is 20.2. The minimum Gasteiger partial charge on any atom is -0.493 e. The summed E-state index contributed by atoms with van der Waals surface area (Å²) in [5.74, 6) is 0.614. The van der Waals surface area contributed by atoms with Crippen LogP contribution in [-0.4, -0.2) is 41.8 Å². The summed E-state index contributed by atoms with van der Waals surface area (Å²) in [6.07, 6.45) is 1.41. The second-order valence-electron chi connectivity index (χ2n) is 5.42. The first-order chi connectivity index (χ1) is 12.8. The fourth-order valence-corrected chi connectivity index (χ4v) is 4.30. The average molecular weight is 394 g/mol. The summed E-state index contributed by atoms with van der Waals surface area (Å²) >= 11 is 0. The molecule has 146 valence electrons. The molecule has 0 fully saturated rings. The van der Waals surface area contributed by atoms with Crippen LogP contribution < -0.4 is 24.7 Å². The zero-order valence-electron chi connectivity index (χ0n) is 15.6. The number of nitrogens with two attached hydrogens (primary N) is 1. The van der Waals surface area contributed by atoms with Gasteiger partial charge in [0.05, 0.1) is 39.9 Å². The Morgan fingerprint density at radius 3 is 2.15 bits per heavy atom. The van der Waals surface area contributed by atoms with Crippen molar-refractivity contribution in [1.82, 2.24) is 4.98 Å². The summed E-state index contributed by atoms with van der Waals surface area (Å²) in [4.78, 5) is 4.03. The summed E-state index contributed by atoms with van der Waals surface area (Å²) in [6.45, 7) is 3.69. The maximum atomic E-state index is 13.2. The Morgan fingerprint density at radius 1 is 1.04 bits per heavy atom. The van der Waals surface area contributed by atoms with Crippen molar-refractivity contribution < 1.29 is 27.4 Å². The monoisotopic (exact) mass is 394 g/mol. The van der Waals surface area contributed by atoms with Crippen molar-refractivity contribution in [2.45, 2.75) is 10.6 Å². The number of nitrogen functional groups attached to an aromatic ring is 1. The molecule has 1 heterocycles. The first-order valence-electron chi connectivity index (χ1n) is 7.80. The van der Waals surface area contributed by atoms with E-state index in [4.69, 9.17) is 24.7 Å². The predicted octanol–water partition coefficient (Wildman–Crippen LogP) is 2.32. The maximum absolute atomic E-state index is 13.2. The number of sulfone groups is 1. The van der Waals surface area contributed by atoms with Gasteiger partial charge in [0.15, 0.2) is 32.9 Å². The molecule has 9 heteroatoms. The molecule has 2 rings (SSSR count). The Hall–Kier alpha value is -2.94. The molecule has 2 aromatic rings. The number of hydrogen-bond acceptors (Lipinski definition) is 8. The molecule has 0 bridgehead atoms. The van der Waals surface area contributed by atoms with Gasteiger partial charge in [-0.05, 0) is 18.2 Å². The van der Waals surface area contributed by atoms with Gasteiger partial charge in [-0.15, -0.1) is 0 Å². The lowest BCUT2D eigenvalue weighted by Gasteiger charge is -2.18. The molecule has 0 amide bonds. The molecular formula is C18H22N2O6S. The highest BCUT2D eigenvalue weighted by Crippen LogP contribution is 2.45. The van der Waals surface area contributed by atoms with Crippen LogP contribution in [0.1, 0.15) is 11.3 Å². The molecular weight excluding hydrogens is 372 g/mol. The van der Waals surface area contributed by atoms with E-state index in [-0.39, 0.29) is 27.9 Å². The lowest BCUT2D eigenvalue weighted by atomic mass is 10.1. The first kappa shape index (κ1) is 20.4. The van der Waals surface area contributed by atoms with E-state index in [2.05, 4.69) is 11.6 Å². The summed E-state index contributed by atoms with van der Waals surface area (Å²) in [5, 5.41) is 0. The lowest BCUT2D eigenvalue weighted by Crippen LogP contribution is -2.12. The number of aromatic nitrogens is 1. The molecule has 0 saturated heterocycles. The molecule has 8 nitrogen and oxygen atoms in total. The molecule has 0 radical (unpaired) electrons. The van der Waals surface area contributed by atoms with Crippen molar-refractivity contribution >= 4 is 21.7 Å². The second-order valence-corrected chi connectivity index (χ2v) is 7.34. The van der Waals surface area contributed by atoms with Gasteiger partial charge in [0, 0.05) is 5.56 Å². The van der Waals surface area contributed by atoms with Gasteiger partial charge in [-0.3, -0.25) is 0 Å². The van der Waals surface area contributed by atoms with Crippen LogP contribution in [0.4, 0.5) is 5.82 Å². The van der Waals surface area contributed by atoms with E-state index in [9.17, 15) is 8.42 Å². The summed E-state index contributed by atoms with van der Waals surface area (Å²) in [7, 11) is 1.77. The number of nitrogens with zero attached hydrogens (tertiary/aromatic N) is 1. The summed E-state index contributed by atoms with van der Waals surface area (Å²) in [5.41, 5.74) is 6.37. The normalized spacial score (nSPS) is 11.0. The third-order valence-corrected chi connectivity index (χ3v) is 5.56. The number of hydrogen-bond donors (Lipinski definition) is 1. The smallest absolute Gasteiger partial charge is 0.204 e. The molecule has 0 atom stereocenters. The third-order valence-electron chi connectivity index (χ3n) is 3.85. The van der Waals surface area contributed by atoms with E-state index in [1.807, 2.05) is 0 Å². The van der Waals surface area contributed by atoms with Crippen molar-refractivity contribution in [3.05, 3.63) is 36.0 Å². The molecule has 0 aliphatic heterocycles. The highest BCUT2D eigenvalue weighted by molar-refractivity contribution is 7.90. The van der Waals surface area contributed by atoms with E-state index >= 15 is 0 Å². The first-order valence-corrected chi connectivity index (χ1v) is 9.45. The van der Waals surface area contributed by atoms with Crippen LogP contribution in [0.5, 0.6) is 23.0 Å². The Kier molecular flexibility index (Phi) is 6.17. The topological polar surface area (TPSA) is 110 Å². The van der Waals surface area contributed by atoms with Gasteiger partial charge in [-0.1, -0.05) is 12.7 Å². The number of benzene rings is 1. The maximum Gasteiger partial charge on any atom is 0.204 e. The van der Waals surface area contributed by atoms with Gasteiger partial charge < -0.3 is 24.7 Å². The fraction of sp³-hybridized carbons (Fsp3) is 0.278. The Balaban J connectivity index is 2.64. The Bertz CT molecular complexity index is 957. The van der Waals surface area contributed by atoms with Crippen molar-refractivity contribution in [2.24, 2.45) is 0 Å². The average Bonchev–Trinajstić information content (AvgIpc) is 2.65. The molecule has 0 spiro atoms. The van der Waals surface area contributed by atoms with E-state index in [0.717, 1.165) is 0 Å². The predicted molar refractivity (Wildman–Crippen MR) is 102 cm³/mol. The second kappa shape index (κ2) is 8.17. The van der Waals surface area contributed by atoms with Crippen LogP contribution in [0.2, 0.25) is 0 Å². The van der Waals surface area contributed by atoms with Gasteiger partial charge in [0.25, 0.3) is 0 Å². The molecule has 27 heavy (non-hydrogen) atoms. The number of pyridine rings is 1.